The Morgan fingerprint density at radius 1 is 0.818 bits per heavy atom. The third kappa shape index (κ3) is 6.59. The summed E-state index contributed by atoms with van der Waals surface area (Å²) in [5, 5.41) is 0. The van der Waals surface area contributed by atoms with Gasteiger partial charge in [0.1, 0.15) is 0 Å². The first-order valence-corrected chi connectivity index (χ1v) is 4.10. The van der Waals surface area contributed by atoms with Gasteiger partial charge in [0.25, 0.3) is 0 Å². The molecule has 2 aliphatic carbocycles. The van der Waals surface area contributed by atoms with E-state index in [0.717, 1.165) is 0 Å². The predicted octanol–water partition coefficient (Wildman–Crippen LogP) is 3.06. The van der Waals surface area contributed by atoms with E-state index in [1.807, 2.05) is 0 Å². The first-order valence-electron chi connectivity index (χ1n) is 4.10. The molecule has 0 aromatic carbocycles. The maximum absolute atomic E-state index is 3.10. The SMILES string of the molecule is [C-]1=CCCC1.[C-]1=CCCC1.[Ti+2]. The molecule has 0 aromatic heterocycles. The zero-order chi connectivity index (χ0) is 7.07. The van der Waals surface area contributed by atoms with Gasteiger partial charge in [0.2, 0.25) is 0 Å². The molecule has 0 N–H and O–H groups in total. The smallest absolute Gasteiger partial charge is 0.501 e. The second-order valence-corrected chi connectivity index (χ2v) is 2.60. The summed E-state index contributed by atoms with van der Waals surface area (Å²) < 4.78 is 0. The summed E-state index contributed by atoms with van der Waals surface area (Å²) in [7, 11) is 0. The van der Waals surface area contributed by atoms with Crippen LogP contribution in [0.1, 0.15) is 38.5 Å². The van der Waals surface area contributed by atoms with Gasteiger partial charge in [0, 0.05) is 0 Å². The van der Waals surface area contributed by atoms with Crippen molar-refractivity contribution in [1.29, 1.82) is 0 Å². The molecule has 0 saturated carbocycles. The van der Waals surface area contributed by atoms with E-state index < -0.39 is 0 Å². The summed E-state index contributed by atoms with van der Waals surface area (Å²) in [6.07, 6.45) is 18.0. The van der Waals surface area contributed by atoms with Crippen LogP contribution in [-0.2, 0) is 21.7 Å². The van der Waals surface area contributed by atoms with Crippen LogP contribution in [-0.4, -0.2) is 0 Å². The first-order chi connectivity index (χ1) is 5.00. The monoisotopic (exact) mass is 182 g/mol. The predicted molar refractivity (Wildman–Crippen MR) is 43.3 cm³/mol. The summed E-state index contributed by atoms with van der Waals surface area (Å²) in [4.78, 5) is 0. The van der Waals surface area contributed by atoms with Crippen molar-refractivity contribution in [1.82, 2.24) is 0 Å². The Morgan fingerprint density at radius 2 is 1.27 bits per heavy atom. The molecule has 0 nitrogen and oxygen atoms in total. The van der Waals surface area contributed by atoms with E-state index in [9.17, 15) is 0 Å². The van der Waals surface area contributed by atoms with Crippen molar-refractivity contribution in [3.8, 4) is 0 Å². The van der Waals surface area contributed by atoms with Gasteiger partial charge in [-0.2, -0.15) is 12.8 Å². The molecule has 2 rings (SSSR count). The Balaban J connectivity index is 0.000000167. The minimum Gasteiger partial charge on any atom is -0.501 e. The van der Waals surface area contributed by atoms with Crippen LogP contribution in [0, 0.1) is 12.2 Å². The van der Waals surface area contributed by atoms with Crippen molar-refractivity contribution in [2.75, 3.05) is 0 Å². The molecule has 0 aromatic rings. The van der Waals surface area contributed by atoms with Crippen LogP contribution in [0.4, 0.5) is 0 Å². The molecule has 2 aliphatic rings. The first kappa shape index (κ1) is 11.2. The fraction of sp³-hybridized carbons (Fsp3) is 0.600. The molecule has 0 bridgehead atoms. The molecule has 0 radical (unpaired) electrons. The third-order valence-electron chi connectivity index (χ3n) is 1.63. The molecule has 11 heavy (non-hydrogen) atoms. The van der Waals surface area contributed by atoms with Gasteiger partial charge in [-0.25, -0.2) is 0 Å². The van der Waals surface area contributed by atoms with Crippen molar-refractivity contribution in [3.05, 3.63) is 24.3 Å². The summed E-state index contributed by atoms with van der Waals surface area (Å²) in [6, 6.07) is 0. The standard InChI is InChI=1S/2C5H7.Ti/c2*1-2-4-5-3-1;/h2*1H,2,4-5H2;/q2*-1;+2. The number of hydrogen-bond acceptors (Lipinski definition) is 0. The fourth-order valence-electron chi connectivity index (χ4n) is 1.02. The Labute approximate surface area is 84.6 Å². The number of hydrogen-bond donors (Lipinski definition) is 0. The maximum atomic E-state index is 3.10. The fourth-order valence-corrected chi connectivity index (χ4v) is 1.02. The van der Waals surface area contributed by atoms with Crippen molar-refractivity contribution < 1.29 is 21.7 Å². The van der Waals surface area contributed by atoms with Crippen LogP contribution < -0.4 is 0 Å². The third-order valence-corrected chi connectivity index (χ3v) is 1.63. The molecule has 0 heterocycles. The molecule has 0 saturated heterocycles. The molecule has 0 amide bonds. The summed E-state index contributed by atoms with van der Waals surface area (Å²) in [5.74, 6) is 0. The van der Waals surface area contributed by atoms with Gasteiger partial charge in [0.15, 0.2) is 0 Å². The average Bonchev–Trinajstić information content (AvgIpc) is 2.67. The van der Waals surface area contributed by atoms with E-state index in [2.05, 4.69) is 24.3 Å². The van der Waals surface area contributed by atoms with Crippen LogP contribution in [0.2, 0.25) is 0 Å². The number of allylic oxidation sites excluding steroid dienone is 4. The Kier molecular flexibility index (Phi) is 8.44. The van der Waals surface area contributed by atoms with Crippen molar-refractivity contribution in [2.45, 2.75) is 38.5 Å². The Hall–Kier alpha value is 0.194. The van der Waals surface area contributed by atoms with E-state index in [-0.39, 0.29) is 21.7 Å². The van der Waals surface area contributed by atoms with E-state index in [1.165, 1.54) is 38.5 Å². The quantitative estimate of drug-likeness (QED) is 0.399. The van der Waals surface area contributed by atoms with Crippen molar-refractivity contribution >= 4 is 0 Å². The van der Waals surface area contributed by atoms with Crippen LogP contribution in [0.5, 0.6) is 0 Å². The van der Waals surface area contributed by atoms with Gasteiger partial charge in [0.05, 0.1) is 0 Å². The van der Waals surface area contributed by atoms with Crippen LogP contribution in [0.25, 0.3) is 0 Å². The zero-order valence-electron chi connectivity index (χ0n) is 6.90. The van der Waals surface area contributed by atoms with Crippen LogP contribution in [0.15, 0.2) is 12.2 Å². The van der Waals surface area contributed by atoms with Gasteiger partial charge in [-0.05, 0) is 0 Å². The molecule has 0 unspecified atom stereocenters. The topological polar surface area (TPSA) is 0 Å². The largest absolute Gasteiger partial charge is 2.00 e. The Bertz CT molecular complexity index is 96.8. The summed E-state index contributed by atoms with van der Waals surface area (Å²) in [6.45, 7) is 0. The molecule has 0 atom stereocenters. The second kappa shape index (κ2) is 8.29. The average molecular weight is 182 g/mol. The van der Waals surface area contributed by atoms with Gasteiger partial charge in [-0.3, -0.25) is 12.2 Å². The second-order valence-electron chi connectivity index (χ2n) is 2.60. The van der Waals surface area contributed by atoms with Gasteiger partial charge < -0.3 is 12.2 Å². The van der Waals surface area contributed by atoms with Gasteiger partial charge in [-0.1, -0.05) is 25.7 Å². The summed E-state index contributed by atoms with van der Waals surface area (Å²) >= 11 is 0. The van der Waals surface area contributed by atoms with Crippen LogP contribution >= 0.6 is 0 Å². The van der Waals surface area contributed by atoms with Crippen molar-refractivity contribution in [2.24, 2.45) is 0 Å². The molecule has 58 valence electrons. The van der Waals surface area contributed by atoms with E-state index in [4.69, 9.17) is 0 Å². The van der Waals surface area contributed by atoms with E-state index >= 15 is 0 Å². The molecular weight excluding hydrogens is 168 g/mol. The molecular formula is C10H14Ti. The Morgan fingerprint density at radius 3 is 1.36 bits per heavy atom. The minimum atomic E-state index is 0. The molecule has 0 fully saturated rings. The maximum Gasteiger partial charge on any atom is 2.00 e. The summed E-state index contributed by atoms with van der Waals surface area (Å²) in [5.41, 5.74) is 0. The minimum absolute atomic E-state index is 0. The van der Waals surface area contributed by atoms with Crippen LogP contribution in [0.3, 0.4) is 0 Å². The van der Waals surface area contributed by atoms with E-state index in [1.54, 1.807) is 0 Å². The molecule has 1 heteroatoms. The normalized spacial score (nSPS) is 18.9. The van der Waals surface area contributed by atoms with Gasteiger partial charge >= 0.3 is 21.7 Å². The number of rotatable bonds is 0. The van der Waals surface area contributed by atoms with Gasteiger partial charge in [-0.15, -0.1) is 0 Å². The molecule has 0 aliphatic heterocycles. The molecule has 0 spiro atoms. The van der Waals surface area contributed by atoms with Crippen molar-refractivity contribution in [3.63, 3.8) is 0 Å². The van der Waals surface area contributed by atoms with E-state index in [0.29, 0.717) is 0 Å². The zero-order valence-corrected chi connectivity index (χ0v) is 8.46.